The second-order valence-corrected chi connectivity index (χ2v) is 5.03. The first-order valence-electron chi connectivity index (χ1n) is 6.65. The van der Waals surface area contributed by atoms with Crippen LogP contribution in [0, 0.1) is 0 Å². The summed E-state index contributed by atoms with van der Waals surface area (Å²) in [5, 5.41) is 5.42. The molecule has 5 heteroatoms. The van der Waals surface area contributed by atoms with E-state index in [9.17, 15) is 0 Å². The van der Waals surface area contributed by atoms with Crippen molar-refractivity contribution in [3.63, 3.8) is 0 Å². The molecular weight excluding hydrogens is 250 g/mol. The van der Waals surface area contributed by atoms with Gasteiger partial charge in [-0.3, -0.25) is 0 Å². The minimum atomic E-state index is 0.369. The van der Waals surface area contributed by atoms with Gasteiger partial charge >= 0.3 is 0 Å². The van der Waals surface area contributed by atoms with Gasteiger partial charge in [0.25, 0.3) is 0 Å². The Balaban J connectivity index is 2.18. The third kappa shape index (κ3) is 2.01. The van der Waals surface area contributed by atoms with E-state index in [0.717, 1.165) is 22.5 Å². The molecule has 102 valence electrons. The molecule has 0 aliphatic carbocycles. The molecule has 0 atom stereocenters. The average Bonchev–Trinajstić information content (AvgIpc) is 2.91. The second kappa shape index (κ2) is 4.92. The molecule has 0 amide bonds. The van der Waals surface area contributed by atoms with Gasteiger partial charge in [0.05, 0.1) is 17.3 Å². The predicted octanol–water partition coefficient (Wildman–Crippen LogP) is 2.66. The lowest BCUT2D eigenvalue weighted by atomic mass is 10.3. The summed E-state index contributed by atoms with van der Waals surface area (Å²) in [6, 6.07) is 10.4. The van der Waals surface area contributed by atoms with Gasteiger partial charge in [-0.15, -0.1) is 0 Å². The summed E-state index contributed by atoms with van der Waals surface area (Å²) in [5.74, 6) is 0.909. The molecule has 0 bridgehead atoms. The van der Waals surface area contributed by atoms with Crippen molar-refractivity contribution in [2.75, 3.05) is 11.9 Å². The Hall–Kier alpha value is -2.43. The van der Waals surface area contributed by atoms with Crippen molar-refractivity contribution in [1.29, 1.82) is 0 Å². The molecule has 0 aliphatic heterocycles. The van der Waals surface area contributed by atoms with Crippen LogP contribution in [0.25, 0.3) is 16.7 Å². The van der Waals surface area contributed by atoms with Gasteiger partial charge in [-0.25, -0.2) is 14.6 Å². The van der Waals surface area contributed by atoms with Gasteiger partial charge in [-0.05, 0) is 26.0 Å². The van der Waals surface area contributed by atoms with Crippen LogP contribution in [0.3, 0.4) is 0 Å². The Morgan fingerprint density at radius 2 is 1.85 bits per heavy atom. The quantitative estimate of drug-likeness (QED) is 0.732. The highest BCUT2D eigenvalue weighted by Gasteiger charge is 2.15. The van der Waals surface area contributed by atoms with Crippen molar-refractivity contribution < 1.29 is 0 Å². The molecule has 0 unspecified atom stereocenters. The average molecular weight is 267 g/mol. The fourth-order valence-corrected chi connectivity index (χ4v) is 2.12. The first kappa shape index (κ1) is 12.6. The van der Waals surface area contributed by atoms with E-state index in [1.54, 1.807) is 6.33 Å². The van der Waals surface area contributed by atoms with E-state index in [1.165, 1.54) is 0 Å². The van der Waals surface area contributed by atoms with E-state index in [1.807, 2.05) is 48.3 Å². The molecule has 3 rings (SSSR count). The summed E-state index contributed by atoms with van der Waals surface area (Å²) in [6.45, 7) is 4.27. The largest absolute Gasteiger partial charge is 0.357 e. The highest BCUT2D eigenvalue weighted by Crippen LogP contribution is 2.24. The zero-order valence-corrected chi connectivity index (χ0v) is 11.9. The summed E-state index contributed by atoms with van der Waals surface area (Å²) in [4.78, 5) is 10.9. The van der Waals surface area contributed by atoms with Crippen LogP contribution in [0.5, 0.6) is 0 Å². The van der Waals surface area contributed by atoms with Gasteiger partial charge in [0.15, 0.2) is 5.65 Å². The smallest absolute Gasteiger partial charge is 0.168 e. The first-order chi connectivity index (χ1) is 9.68. The number of nitrogens with zero attached hydrogens (tertiary/aromatic N) is 5. The lowest BCUT2D eigenvalue weighted by molar-refractivity contribution is 0.745. The lowest BCUT2D eigenvalue weighted by Gasteiger charge is -2.22. The minimum Gasteiger partial charge on any atom is -0.357 e. The van der Waals surface area contributed by atoms with Crippen LogP contribution in [0.1, 0.15) is 13.8 Å². The van der Waals surface area contributed by atoms with Gasteiger partial charge in [0, 0.05) is 13.1 Å². The van der Waals surface area contributed by atoms with Crippen LogP contribution in [0.15, 0.2) is 42.9 Å². The molecule has 0 saturated heterocycles. The number of hydrogen-bond donors (Lipinski definition) is 0. The molecule has 0 radical (unpaired) electrons. The summed E-state index contributed by atoms with van der Waals surface area (Å²) in [7, 11) is 2.03. The van der Waals surface area contributed by atoms with E-state index in [4.69, 9.17) is 0 Å². The summed E-state index contributed by atoms with van der Waals surface area (Å²) >= 11 is 0. The minimum absolute atomic E-state index is 0.369. The molecule has 0 fully saturated rings. The predicted molar refractivity (Wildman–Crippen MR) is 80.2 cm³/mol. The van der Waals surface area contributed by atoms with Gasteiger partial charge < -0.3 is 4.90 Å². The third-order valence-electron chi connectivity index (χ3n) is 3.45. The Morgan fingerprint density at radius 3 is 2.55 bits per heavy atom. The number of aromatic nitrogens is 4. The van der Waals surface area contributed by atoms with Crippen LogP contribution in [-0.2, 0) is 0 Å². The fraction of sp³-hybridized carbons (Fsp3) is 0.267. The second-order valence-electron chi connectivity index (χ2n) is 5.03. The van der Waals surface area contributed by atoms with Gasteiger partial charge in [0.2, 0.25) is 0 Å². The molecule has 0 N–H and O–H groups in total. The number of benzene rings is 1. The molecule has 0 saturated carbocycles. The molecule has 0 aliphatic rings. The van der Waals surface area contributed by atoms with E-state index >= 15 is 0 Å². The Bertz CT molecular complexity index is 717. The standard InChI is InChI=1S/C15H17N5/c1-11(2)19(3)14-13-9-18-20(15(13)17-10-16-14)12-7-5-4-6-8-12/h4-11H,1-3H3. The maximum atomic E-state index is 4.46. The van der Waals surface area contributed by atoms with E-state index < -0.39 is 0 Å². The first-order valence-corrected chi connectivity index (χ1v) is 6.65. The molecule has 5 nitrogen and oxygen atoms in total. The fourth-order valence-electron chi connectivity index (χ4n) is 2.12. The molecule has 2 heterocycles. The van der Waals surface area contributed by atoms with Crippen molar-refractivity contribution in [3.05, 3.63) is 42.9 Å². The molecule has 2 aromatic heterocycles. The number of anilines is 1. The molecule has 20 heavy (non-hydrogen) atoms. The zero-order valence-electron chi connectivity index (χ0n) is 11.9. The SMILES string of the molecule is CC(C)N(C)c1ncnc2c1cnn2-c1ccccc1. The Morgan fingerprint density at radius 1 is 1.10 bits per heavy atom. The molecule has 0 spiro atoms. The number of hydrogen-bond acceptors (Lipinski definition) is 4. The van der Waals surface area contributed by atoms with Crippen molar-refractivity contribution >= 4 is 16.9 Å². The van der Waals surface area contributed by atoms with Crippen molar-refractivity contribution in [3.8, 4) is 5.69 Å². The highest BCUT2D eigenvalue weighted by atomic mass is 15.3. The van der Waals surface area contributed by atoms with Crippen LogP contribution in [0.2, 0.25) is 0 Å². The number of para-hydroxylation sites is 1. The number of fused-ring (bicyclic) bond motifs is 1. The van der Waals surface area contributed by atoms with E-state index in [0.29, 0.717) is 6.04 Å². The van der Waals surface area contributed by atoms with Gasteiger partial charge in [-0.1, -0.05) is 18.2 Å². The Labute approximate surface area is 117 Å². The maximum absolute atomic E-state index is 4.46. The zero-order chi connectivity index (χ0) is 14.1. The van der Waals surface area contributed by atoms with Crippen LogP contribution >= 0.6 is 0 Å². The number of rotatable bonds is 3. The normalized spacial score (nSPS) is 11.2. The highest BCUT2D eigenvalue weighted by molar-refractivity contribution is 5.87. The summed E-state index contributed by atoms with van der Waals surface area (Å²) in [6.07, 6.45) is 3.42. The molecular formula is C15H17N5. The van der Waals surface area contributed by atoms with Crippen molar-refractivity contribution in [2.45, 2.75) is 19.9 Å². The van der Waals surface area contributed by atoms with E-state index in [2.05, 4.69) is 33.8 Å². The summed E-state index contributed by atoms with van der Waals surface area (Å²) < 4.78 is 1.84. The van der Waals surface area contributed by atoms with Crippen molar-refractivity contribution in [1.82, 2.24) is 19.7 Å². The van der Waals surface area contributed by atoms with Gasteiger partial charge in [0.1, 0.15) is 12.1 Å². The van der Waals surface area contributed by atoms with Crippen LogP contribution in [-0.4, -0.2) is 32.8 Å². The van der Waals surface area contributed by atoms with Crippen LogP contribution < -0.4 is 4.90 Å². The summed E-state index contributed by atoms with van der Waals surface area (Å²) in [5.41, 5.74) is 1.83. The van der Waals surface area contributed by atoms with Crippen LogP contribution in [0.4, 0.5) is 5.82 Å². The molecule has 3 aromatic rings. The van der Waals surface area contributed by atoms with E-state index in [-0.39, 0.29) is 0 Å². The van der Waals surface area contributed by atoms with Gasteiger partial charge in [-0.2, -0.15) is 5.10 Å². The maximum Gasteiger partial charge on any atom is 0.168 e. The lowest BCUT2D eigenvalue weighted by Crippen LogP contribution is -2.26. The monoisotopic (exact) mass is 267 g/mol. The Kier molecular flexibility index (Phi) is 3.10. The molecule has 1 aromatic carbocycles. The third-order valence-corrected chi connectivity index (χ3v) is 3.45. The topological polar surface area (TPSA) is 46.8 Å². The van der Waals surface area contributed by atoms with Crippen molar-refractivity contribution in [2.24, 2.45) is 0 Å².